The average molecular weight is 367 g/mol. The largest absolute Gasteiger partial charge is 0.457 e. The zero-order valence-corrected chi connectivity index (χ0v) is 15.9. The number of hydrogen-bond donors (Lipinski definition) is 1. The summed E-state index contributed by atoms with van der Waals surface area (Å²) in [6.45, 7) is 3.98. The van der Waals surface area contributed by atoms with Crippen LogP contribution in [0.1, 0.15) is 11.4 Å². The fourth-order valence-corrected chi connectivity index (χ4v) is 2.96. The number of nitrogens with one attached hydrogen (secondary N) is 1. The number of nitrogens with zero attached hydrogens (tertiary/aromatic N) is 2. The monoisotopic (exact) mass is 367 g/mol. The molecule has 4 nitrogen and oxygen atoms in total. The lowest BCUT2D eigenvalue weighted by Crippen LogP contribution is -1.99. The first-order valence-electron chi connectivity index (χ1n) is 9.18. The minimum Gasteiger partial charge on any atom is -0.457 e. The Morgan fingerprint density at radius 3 is 2.21 bits per heavy atom. The van der Waals surface area contributed by atoms with Crippen molar-refractivity contribution in [2.75, 3.05) is 5.32 Å². The van der Waals surface area contributed by atoms with Crippen LogP contribution in [0.25, 0.3) is 11.3 Å². The Labute approximate surface area is 164 Å². The third kappa shape index (κ3) is 4.35. The minimum atomic E-state index is 0.727. The zero-order chi connectivity index (χ0) is 19.3. The SMILES string of the molecule is Cc1cccc(-c2cc(Nc3ccc(Oc4ccccc4)cc3)nc(C)n2)c1. The van der Waals surface area contributed by atoms with Crippen LogP contribution < -0.4 is 10.1 Å². The molecule has 0 unspecified atom stereocenters. The highest BCUT2D eigenvalue weighted by molar-refractivity contribution is 5.66. The van der Waals surface area contributed by atoms with Crippen molar-refractivity contribution in [2.24, 2.45) is 0 Å². The average Bonchev–Trinajstić information content (AvgIpc) is 2.70. The Bertz CT molecular complexity index is 1080. The maximum absolute atomic E-state index is 5.84. The van der Waals surface area contributed by atoms with Gasteiger partial charge in [0.2, 0.25) is 0 Å². The van der Waals surface area contributed by atoms with Crippen LogP contribution in [0, 0.1) is 13.8 Å². The summed E-state index contributed by atoms with van der Waals surface area (Å²) in [5.74, 6) is 3.10. The normalized spacial score (nSPS) is 10.5. The molecule has 28 heavy (non-hydrogen) atoms. The molecule has 138 valence electrons. The van der Waals surface area contributed by atoms with Crippen LogP contribution in [-0.2, 0) is 0 Å². The molecular formula is C24H21N3O. The number of rotatable bonds is 5. The summed E-state index contributed by atoms with van der Waals surface area (Å²) in [6, 6.07) is 27.8. The first kappa shape index (κ1) is 17.7. The summed E-state index contributed by atoms with van der Waals surface area (Å²) in [6.07, 6.45) is 0. The van der Waals surface area contributed by atoms with E-state index in [4.69, 9.17) is 4.74 Å². The second kappa shape index (κ2) is 7.92. The van der Waals surface area contributed by atoms with Gasteiger partial charge in [-0.2, -0.15) is 0 Å². The molecule has 0 saturated carbocycles. The molecule has 0 amide bonds. The van der Waals surface area contributed by atoms with Gasteiger partial charge in [0.25, 0.3) is 0 Å². The van der Waals surface area contributed by atoms with E-state index >= 15 is 0 Å². The van der Waals surface area contributed by atoms with Gasteiger partial charge in [-0.25, -0.2) is 9.97 Å². The molecule has 4 heteroatoms. The molecule has 1 aromatic heterocycles. The number of hydrogen-bond acceptors (Lipinski definition) is 4. The van der Waals surface area contributed by atoms with E-state index in [-0.39, 0.29) is 0 Å². The maximum Gasteiger partial charge on any atom is 0.134 e. The van der Waals surface area contributed by atoms with E-state index in [0.29, 0.717) is 0 Å². The van der Waals surface area contributed by atoms with Gasteiger partial charge in [0.05, 0.1) is 5.69 Å². The van der Waals surface area contributed by atoms with Crippen molar-refractivity contribution >= 4 is 11.5 Å². The predicted molar refractivity (Wildman–Crippen MR) is 113 cm³/mol. The minimum absolute atomic E-state index is 0.727. The molecule has 0 aliphatic carbocycles. The van der Waals surface area contributed by atoms with Gasteiger partial charge in [-0.3, -0.25) is 0 Å². The molecular weight excluding hydrogens is 346 g/mol. The third-order valence-corrected chi connectivity index (χ3v) is 4.26. The fourth-order valence-electron chi connectivity index (χ4n) is 2.96. The fraction of sp³-hybridized carbons (Fsp3) is 0.0833. The molecule has 0 atom stereocenters. The second-order valence-corrected chi connectivity index (χ2v) is 6.62. The summed E-state index contributed by atoms with van der Waals surface area (Å²) in [4.78, 5) is 9.09. The summed E-state index contributed by atoms with van der Waals surface area (Å²) in [5, 5.41) is 3.35. The van der Waals surface area contributed by atoms with Crippen LogP contribution in [-0.4, -0.2) is 9.97 Å². The number of ether oxygens (including phenoxy) is 1. The van der Waals surface area contributed by atoms with Gasteiger partial charge in [-0.15, -0.1) is 0 Å². The second-order valence-electron chi connectivity index (χ2n) is 6.62. The zero-order valence-electron chi connectivity index (χ0n) is 15.9. The molecule has 0 aliphatic rings. The topological polar surface area (TPSA) is 47.0 Å². The van der Waals surface area contributed by atoms with Crippen molar-refractivity contribution < 1.29 is 4.74 Å². The smallest absolute Gasteiger partial charge is 0.134 e. The van der Waals surface area contributed by atoms with Crippen LogP contribution in [0.2, 0.25) is 0 Å². The van der Waals surface area contributed by atoms with E-state index in [1.54, 1.807) is 0 Å². The van der Waals surface area contributed by atoms with E-state index in [1.807, 2.05) is 73.7 Å². The first-order chi connectivity index (χ1) is 13.7. The lowest BCUT2D eigenvalue weighted by atomic mass is 10.1. The number of aromatic nitrogens is 2. The number of anilines is 2. The molecule has 3 aromatic carbocycles. The highest BCUT2D eigenvalue weighted by Crippen LogP contribution is 2.26. The summed E-state index contributed by atoms with van der Waals surface area (Å²) >= 11 is 0. The Balaban J connectivity index is 1.52. The van der Waals surface area contributed by atoms with E-state index in [1.165, 1.54) is 5.56 Å². The van der Waals surface area contributed by atoms with Gasteiger partial charge in [-0.05, 0) is 56.3 Å². The Morgan fingerprint density at radius 1 is 0.714 bits per heavy atom. The van der Waals surface area contributed by atoms with Crippen LogP contribution in [0.3, 0.4) is 0 Å². The summed E-state index contributed by atoms with van der Waals surface area (Å²) in [7, 11) is 0. The van der Waals surface area contributed by atoms with Crippen molar-refractivity contribution in [3.05, 3.63) is 96.3 Å². The maximum atomic E-state index is 5.84. The highest BCUT2D eigenvalue weighted by atomic mass is 16.5. The molecule has 0 aliphatic heterocycles. The van der Waals surface area contributed by atoms with Gasteiger partial charge in [0, 0.05) is 17.3 Å². The highest BCUT2D eigenvalue weighted by Gasteiger charge is 2.06. The lowest BCUT2D eigenvalue weighted by Gasteiger charge is -2.10. The van der Waals surface area contributed by atoms with Crippen LogP contribution >= 0.6 is 0 Å². The molecule has 1 N–H and O–H groups in total. The van der Waals surface area contributed by atoms with Crippen LogP contribution in [0.5, 0.6) is 11.5 Å². The van der Waals surface area contributed by atoms with Crippen molar-refractivity contribution in [2.45, 2.75) is 13.8 Å². The van der Waals surface area contributed by atoms with Gasteiger partial charge in [0.15, 0.2) is 0 Å². The van der Waals surface area contributed by atoms with E-state index in [9.17, 15) is 0 Å². The first-order valence-corrected chi connectivity index (χ1v) is 9.18. The molecule has 0 saturated heterocycles. The summed E-state index contributed by atoms with van der Waals surface area (Å²) < 4.78 is 5.84. The lowest BCUT2D eigenvalue weighted by molar-refractivity contribution is 0.483. The number of para-hydroxylation sites is 1. The van der Waals surface area contributed by atoms with Gasteiger partial charge < -0.3 is 10.1 Å². The Kier molecular flexibility index (Phi) is 5.02. The number of aryl methyl sites for hydroxylation is 2. The predicted octanol–water partition coefficient (Wildman–Crippen LogP) is 6.30. The van der Waals surface area contributed by atoms with Crippen LogP contribution in [0.15, 0.2) is 84.9 Å². The molecule has 0 fully saturated rings. The van der Waals surface area contributed by atoms with Gasteiger partial charge >= 0.3 is 0 Å². The summed E-state index contributed by atoms with van der Waals surface area (Å²) in [5.41, 5.74) is 4.13. The van der Waals surface area contributed by atoms with E-state index < -0.39 is 0 Å². The number of benzene rings is 3. The molecule has 4 rings (SSSR count). The standard InChI is InChI=1S/C24H21N3O/c1-17-7-6-8-19(15-17)23-16-24(26-18(2)25-23)27-20-11-13-22(14-12-20)28-21-9-4-3-5-10-21/h3-16H,1-2H3,(H,25,26,27). The van der Waals surface area contributed by atoms with Gasteiger partial charge in [0.1, 0.15) is 23.1 Å². The van der Waals surface area contributed by atoms with Crippen molar-refractivity contribution in [3.8, 4) is 22.8 Å². The quantitative estimate of drug-likeness (QED) is 0.450. The molecule has 0 bridgehead atoms. The van der Waals surface area contributed by atoms with Gasteiger partial charge in [-0.1, -0.05) is 42.0 Å². The third-order valence-electron chi connectivity index (χ3n) is 4.26. The Hall–Kier alpha value is -3.66. The molecule has 0 spiro atoms. The van der Waals surface area contributed by atoms with E-state index in [2.05, 4.69) is 40.4 Å². The Morgan fingerprint density at radius 2 is 1.46 bits per heavy atom. The van der Waals surface area contributed by atoms with Crippen molar-refractivity contribution in [1.82, 2.24) is 9.97 Å². The van der Waals surface area contributed by atoms with Crippen molar-refractivity contribution in [3.63, 3.8) is 0 Å². The van der Waals surface area contributed by atoms with E-state index in [0.717, 1.165) is 40.1 Å². The van der Waals surface area contributed by atoms with Crippen molar-refractivity contribution in [1.29, 1.82) is 0 Å². The molecule has 1 heterocycles. The molecule has 0 radical (unpaired) electrons. The van der Waals surface area contributed by atoms with Crippen LogP contribution in [0.4, 0.5) is 11.5 Å². The molecule has 4 aromatic rings.